The number of benzene rings is 2. The van der Waals surface area contributed by atoms with E-state index in [2.05, 4.69) is 0 Å². The van der Waals surface area contributed by atoms with E-state index in [0.29, 0.717) is 37.6 Å². The van der Waals surface area contributed by atoms with Crippen molar-refractivity contribution in [1.29, 1.82) is 0 Å². The number of sulfonamides is 1. The highest BCUT2D eigenvalue weighted by molar-refractivity contribution is 7.89. The zero-order valence-electron chi connectivity index (χ0n) is 16.4. The van der Waals surface area contributed by atoms with Gasteiger partial charge in [0.2, 0.25) is 15.9 Å². The highest BCUT2D eigenvalue weighted by Crippen LogP contribution is 2.21. The summed E-state index contributed by atoms with van der Waals surface area (Å²) in [6, 6.07) is 14.0. The van der Waals surface area contributed by atoms with Gasteiger partial charge in [-0.3, -0.25) is 4.79 Å². The molecule has 1 fully saturated rings. The minimum atomic E-state index is -3.60. The van der Waals surface area contributed by atoms with Gasteiger partial charge in [-0.1, -0.05) is 35.9 Å². The number of para-hydroxylation sites is 1. The molecule has 1 aliphatic rings. The fraction of sp³-hybridized carbons (Fsp3) is 0.381. The van der Waals surface area contributed by atoms with Gasteiger partial charge >= 0.3 is 0 Å². The topological polar surface area (TPSA) is 66.9 Å². The van der Waals surface area contributed by atoms with Crippen LogP contribution < -0.4 is 4.74 Å². The van der Waals surface area contributed by atoms with E-state index in [4.69, 9.17) is 16.3 Å². The smallest absolute Gasteiger partial charge is 0.243 e. The van der Waals surface area contributed by atoms with E-state index in [0.717, 1.165) is 11.3 Å². The number of amides is 1. The summed E-state index contributed by atoms with van der Waals surface area (Å²) >= 11 is 5.92. The summed E-state index contributed by atoms with van der Waals surface area (Å²) < 4.78 is 32.6. The van der Waals surface area contributed by atoms with Crippen LogP contribution in [-0.4, -0.2) is 56.3 Å². The molecule has 156 valence electrons. The second kappa shape index (κ2) is 9.61. The van der Waals surface area contributed by atoms with Crippen molar-refractivity contribution in [3.63, 3.8) is 0 Å². The second-order valence-electron chi connectivity index (χ2n) is 6.96. The lowest BCUT2D eigenvalue weighted by Gasteiger charge is -2.34. The molecule has 0 aliphatic carbocycles. The van der Waals surface area contributed by atoms with E-state index < -0.39 is 10.0 Å². The van der Waals surface area contributed by atoms with Crippen LogP contribution in [0.15, 0.2) is 53.4 Å². The van der Waals surface area contributed by atoms with Gasteiger partial charge in [0, 0.05) is 37.6 Å². The Morgan fingerprint density at radius 3 is 2.48 bits per heavy atom. The first-order chi connectivity index (χ1) is 13.9. The Morgan fingerprint density at radius 1 is 1.07 bits per heavy atom. The maximum absolute atomic E-state index is 12.7. The first kappa shape index (κ1) is 21.6. The molecule has 0 aromatic heterocycles. The Morgan fingerprint density at radius 2 is 1.79 bits per heavy atom. The Hall–Kier alpha value is -2.09. The second-order valence-corrected chi connectivity index (χ2v) is 9.33. The molecule has 8 heteroatoms. The Kier molecular flexibility index (Phi) is 7.16. The first-order valence-electron chi connectivity index (χ1n) is 9.60. The third-order valence-electron chi connectivity index (χ3n) is 4.91. The number of rotatable bonds is 7. The van der Waals surface area contributed by atoms with Crippen LogP contribution in [0.4, 0.5) is 0 Å². The predicted molar refractivity (Wildman–Crippen MR) is 113 cm³/mol. The van der Waals surface area contributed by atoms with Crippen molar-refractivity contribution in [2.24, 2.45) is 0 Å². The van der Waals surface area contributed by atoms with Crippen molar-refractivity contribution >= 4 is 27.5 Å². The molecule has 29 heavy (non-hydrogen) atoms. The molecule has 2 aromatic carbocycles. The SMILES string of the molecule is Cc1ccccc1OCCCC(=O)N1CCN(S(=O)(=O)c2cccc(Cl)c2)CC1. The number of hydrogen-bond acceptors (Lipinski definition) is 4. The lowest BCUT2D eigenvalue weighted by molar-refractivity contribution is -0.132. The van der Waals surface area contributed by atoms with Crippen LogP contribution in [0.25, 0.3) is 0 Å². The van der Waals surface area contributed by atoms with Gasteiger partial charge in [0.1, 0.15) is 5.75 Å². The maximum atomic E-state index is 12.7. The van der Waals surface area contributed by atoms with Gasteiger partial charge < -0.3 is 9.64 Å². The van der Waals surface area contributed by atoms with E-state index in [1.54, 1.807) is 17.0 Å². The Labute approximate surface area is 177 Å². The normalized spacial score (nSPS) is 15.3. The van der Waals surface area contributed by atoms with Crippen molar-refractivity contribution in [3.05, 3.63) is 59.1 Å². The summed E-state index contributed by atoms with van der Waals surface area (Å²) in [7, 11) is -3.60. The summed E-state index contributed by atoms with van der Waals surface area (Å²) in [5.41, 5.74) is 1.07. The largest absolute Gasteiger partial charge is 0.493 e. The first-order valence-corrected chi connectivity index (χ1v) is 11.4. The number of carbonyl (C=O) groups excluding carboxylic acids is 1. The molecule has 0 N–H and O–H groups in total. The molecular formula is C21H25ClN2O4S. The molecule has 0 saturated carbocycles. The monoisotopic (exact) mass is 436 g/mol. The molecule has 1 heterocycles. The summed E-state index contributed by atoms with van der Waals surface area (Å²) in [5.74, 6) is 0.859. The third-order valence-corrected chi connectivity index (χ3v) is 7.04. The fourth-order valence-corrected chi connectivity index (χ4v) is 4.96. The van der Waals surface area contributed by atoms with Crippen LogP contribution in [0, 0.1) is 6.92 Å². The van der Waals surface area contributed by atoms with Crippen molar-refractivity contribution in [2.45, 2.75) is 24.7 Å². The van der Waals surface area contributed by atoms with Crippen LogP contribution in [0.1, 0.15) is 18.4 Å². The van der Waals surface area contributed by atoms with Gasteiger partial charge in [-0.2, -0.15) is 4.31 Å². The van der Waals surface area contributed by atoms with Crippen LogP contribution >= 0.6 is 11.6 Å². The average Bonchev–Trinajstić information content (AvgIpc) is 2.72. The minimum Gasteiger partial charge on any atom is -0.493 e. The van der Waals surface area contributed by atoms with Gasteiger partial charge in [-0.25, -0.2) is 8.42 Å². The lowest BCUT2D eigenvalue weighted by Crippen LogP contribution is -2.50. The molecule has 0 unspecified atom stereocenters. The number of aryl methyl sites for hydroxylation is 1. The number of carbonyl (C=O) groups is 1. The Balaban J connectivity index is 1.45. The average molecular weight is 437 g/mol. The summed E-state index contributed by atoms with van der Waals surface area (Å²) in [5, 5.41) is 0.382. The molecule has 1 aliphatic heterocycles. The van der Waals surface area contributed by atoms with Crippen molar-refractivity contribution in [2.75, 3.05) is 32.8 Å². The number of nitrogens with zero attached hydrogens (tertiary/aromatic N) is 2. The van der Waals surface area contributed by atoms with Crippen LogP contribution in [0.5, 0.6) is 5.75 Å². The molecule has 0 radical (unpaired) electrons. The molecule has 0 bridgehead atoms. The molecule has 0 atom stereocenters. The molecular weight excluding hydrogens is 412 g/mol. The highest BCUT2D eigenvalue weighted by Gasteiger charge is 2.30. The van der Waals surface area contributed by atoms with Crippen LogP contribution in [-0.2, 0) is 14.8 Å². The number of piperazine rings is 1. The zero-order chi connectivity index (χ0) is 20.9. The molecule has 2 aromatic rings. The van der Waals surface area contributed by atoms with Crippen molar-refractivity contribution in [3.8, 4) is 5.75 Å². The Bertz CT molecular complexity index is 957. The maximum Gasteiger partial charge on any atom is 0.243 e. The molecule has 0 spiro atoms. The van der Waals surface area contributed by atoms with Gasteiger partial charge in [0.25, 0.3) is 0 Å². The molecule has 1 saturated heterocycles. The van der Waals surface area contributed by atoms with E-state index in [-0.39, 0.29) is 23.9 Å². The number of hydrogen-bond donors (Lipinski definition) is 0. The van der Waals surface area contributed by atoms with Crippen molar-refractivity contribution in [1.82, 2.24) is 9.21 Å². The summed E-state index contributed by atoms with van der Waals surface area (Å²) in [6.07, 6.45) is 1.00. The quantitative estimate of drug-likeness (QED) is 0.624. The number of ether oxygens (including phenoxy) is 1. The molecule has 1 amide bonds. The molecule has 3 rings (SSSR count). The highest BCUT2D eigenvalue weighted by atomic mass is 35.5. The predicted octanol–water partition coefficient (Wildman–Crippen LogP) is 3.34. The van der Waals surface area contributed by atoms with Crippen LogP contribution in [0.2, 0.25) is 5.02 Å². The van der Waals surface area contributed by atoms with Gasteiger partial charge in [0.05, 0.1) is 11.5 Å². The van der Waals surface area contributed by atoms with E-state index in [9.17, 15) is 13.2 Å². The standard InChI is InChI=1S/C21H25ClN2O4S/c1-17-6-2-3-9-20(17)28-15-5-10-21(25)23-11-13-24(14-12-23)29(26,27)19-8-4-7-18(22)16-19/h2-4,6-9,16H,5,10-15H2,1H3. The molecule has 6 nitrogen and oxygen atoms in total. The van der Waals surface area contributed by atoms with Gasteiger partial charge in [-0.05, 0) is 43.2 Å². The van der Waals surface area contributed by atoms with E-state index in [1.807, 2.05) is 31.2 Å². The van der Waals surface area contributed by atoms with Gasteiger partial charge in [-0.15, -0.1) is 0 Å². The van der Waals surface area contributed by atoms with Gasteiger partial charge in [0.15, 0.2) is 0 Å². The fourth-order valence-electron chi connectivity index (χ4n) is 3.24. The summed E-state index contributed by atoms with van der Waals surface area (Å²) in [6.45, 7) is 3.78. The zero-order valence-corrected chi connectivity index (χ0v) is 18.0. The number of halogens is 1. The van der Waals surface area contributed by atoms with E-state index >= 15 is 0 Å². The third kappa shape index (κ3) is 5.50. The summed E-state index contributed by atoms with van der Waals surface area (Å²) in [4.78, 5) is 14.3. The minimum absolute atomic E-state index is 0.0261. The lowest BCUT2D eigenvalue weighted by atomic mass is 10.2. The van der Waals surface area contributed by atoms with E-state index in [1.165, 1.54) is 16.4 Å². The van der Waals surface area contributed by atoms with Crippen LogP contribution in [0.3, 0.4) is 0 Å². The van der Waals surface area contributed by atoms with Crippen molar-refractivity contribution < 1.29 is 17.9 Å².